The molecular weight excluding hydrogens is 312 g/mol. The lowest BCUT2D eigenvalue weighted by Crippen LogP contribution is -2.26. The number of thiophene rings is 1. The van der Waals surface area contributed by atoms with Gasteiger partial charge in [-0.3, -0.25) is 9.36 Å². The third-order valence-electron chi connectivity index (χ3n) is 3.71. The fourth-order valence-corrected chi connectivity index (χ4v) is 3.28. The third kappa shape index (κ3) is 3.53. The molecule has 0 fully saturated rings. The second kappa shape index (κ2) is 6.83. The molecule has 0 saturated carbocycles. The lowest BCUT2D eigenvalue weighted by Gasteiger charge is -2.12. The van der Waals surface area contributed by atoms with Gasteiger partial charge in [-0.15, -0.1) is 11.3 Å². The molecule has 1 N–H and O–H groups in total. The summed E-state index contributed by atoms with van der Waals surface area (Å²) in [4.78, 5) is 25.0. The molecular formula is C17H18N2O3S. The first kappa shape index (κ1) is 15.6. The topological polar surface area (TPSA) is 64.2 Å². The van der Waals surface area contributed by atoms with E-state index in [1.807, 2.05) is 42.6 Å². The number of fused-ring (bicyclic) bond motifs is 1. The van der Waals surface area contributed by atoms with Gasteiger partial charge in [0.2, 0.25) is 5.91 Å². The van der Waals surface area contributed by atoms with E-state index in [1.54, 1.807) is 22.0 Å². The summed E-state index contributed by atoms with van der Waals surface area (Å²) in [5.41, 5.74) is 1.35. The molecule has 6 heteroatoms. The Morgan fingerprint density at radius 2 is 2.13 bits per heavy atom. The van der Waals surface area contributed by atoms with Gasteiger partial charge in [-0.05, 0) is 36.9 Å². The van der Waals surface area contributed by atoms with Crippen molar-refractivity contribution in [2.45, 2.75) is 32.4 Å². The van der Waals surface area contributed by atoms with E-state index in [1.165, 1.54) is 0 Å². The molecule has 3 rings (SSSR count). The first-order valence-corrected chi connectivity index (χ1v) is 8.44. The summed E-state index contributed by atoms with van der Waals surface area (Å²) in [6.45, 7) is 2.44. The first-order valence-electron chi connectivity index (χ1n) is 7.56. The molecule has 2 aromatic heterocycles. The smallest absolute Gasteiger partial charge is 0.408 e. The van der Waals surface area contributed by atoms with Crippen LogP contribution in [0.3, 0.4) is 0 Å². The number of aromatic nitrogens is 1. The number of carbonyl (C=O) groups excluding carboxylic acids is 1. The molecule has 1 aromatic carbocycles. The van der Waals surface area contributed by atoms with E-state index in [4.69, 9.17) is 4.42 Å². The molecule has 0 aliphatic heterocycles. The predicted octanol–water partition coefficient (Wildman–Crippen LogP) is 3.31. The van der Waals surface area contributed by atoms with Crippen molar-refractivity contribution >= 4 is 28.3 Å². The van der Waals surface area contributed by atoms with Crippen LogP contribution in [0.4, 0.5) is 0 Å². The van der Waals surface area contributed by atoms with Crippen LogP contribution in [0, 0.1) is 0 Å². The minimum Gasteiger partial charge on any atom is -0.408 e. The SMILES string of the molecule is C[C@H](NC(=O)CCCn1c(=O)oc2ccccc21)c1cccs1. The van der Waals surface area contributed by atoms with Gasteiger partial charge in [-0.25, -0.2) is 4.79 Å². The number of amides is 1. The molecule has 120 valence electrons. The Labute approximate surface area is 137 Å². The number of carbonyl (C=O) groups is 1. The van der Waals surface area contributed by atoms with Gasteiger partial charge in [0.1, 0.15) is 0 Å². The third-order valence-corrected chi connectivity index (χ3v) is 4.76. The second-order valence-corrected chi connectivity index (χ2v) is 6.37. The summed E-state index contributed by atoms with van der Waals surface area (Å²) in [5.74, 6) is -0.384. The predicted molar refractivity (Wildman–Crippen MR) is 90.6 cm³/mol. The molecule has 2 heterocycles. The zero-order valence-corrected chi connectivity index (χ0v) is 13.6. The maximum atomic E-state index is 12.0. The van der Waals surface area contributed by atoms with E-state index in [0.29, 0.717) is 25.0 Å². The fourth-order valence-electron chi connectivity index (χ4n) is 2.55. The molecule has 1 atom stereocenters. The lowest BCUT2D eigenvalue weighted by molar-refractivity contribution is -0.121. The number of para-hydroxylation sites is 2. The quantitative estimate of drug-likeness (QED) is 0.754. The van der Waals surface area contributed by atoms with Crippen LogP contribution in [0.15, 0.2) is 51.0 Å². The van der Waals surface area contributed by atoms with Gasteiger partial charge in [0.15, 0.2) is 5.58 Å². The average Bonchev–Trinajstić information content (AvgIpc) is 3.16. The molecule has 0 saturated heterocycles. The van der Waals surface area contributed by atoms with Crippen LogP contribution >= 0.6 is 11.3 Å². The van der Waals surface area contributed by atoms with E-state index in [-0.39, 0.29) is 17.7 Å². The van der Waals surface area contributed by atoms with Crippen LogP contribution in [-0.4, -0.2) is 10.5 Å². The monoisotopic (exact) mass is 330 g/mol. The van der Waals surface area contributed by atoms with E-state index in [0.717, 1.165) is 10.4 Å². The Bertz CT molecular complexity index is 848. The second-order valence-electron chi connectivity index (χ2n) is 5.40. The highest BCUT2D eigenvalue weighted by Gasteiger charge is 2.12. The summed E-state index contributed by atoms with van der Waals surface area (Å²) in [6, 6.07) is 11.3. The van der Waals surface area contributed by atoms with Crippen LogP contribution in [0.2, 0.25) is 0 Å². The maximum absolute atomic E-state index is 12.0. The standard InChI is InChI=1S/C17H18N2O3S/c1-12(15-8-5-11-23-15)18-16(20)9-4-10-19-13-6-2-3-7-14(13)22-17(19)21/h2-3,5-8,11-12H,4,9-10H2,1H3,(H,18,20)/t12-/m0/s1. The number of benzene rings is 1. The minimum absolute atomic E-state index is 0.00764. The summed E-state index contributed by atoms with van der Waals surface area (Å²) >= 11 is 1.63. The van der Waals surface area contributed by atoms with Gasteiger partial charge in [0.25, 0.3) is 0 Å². The number of oxazole rings is 1. The largest absolute Gasteiger partial charge is 0.419 e. The lowest BCUT2D eigenvalue weighted by atomic mass is 10.2. The molecule has 23 heavy (non-hydrogen) atoms. The van der Waals surface area contributed by atoms with E-state index < -0.39 is 0 Å². The van der Waals surface area contributed by atoms with Crippen molar-refractivity contribution in [2.24, 2.45) is 0 Å². The van der Waals surface area contributed by atoms with Gasteiger partial charge >= 0.3 is 5.76 Å². The number of nitrogens with zero attached hydrogens (tertiary/aromatic N) is 1. The fraction of sp³-hybridized carbons (Fsp3) is 0.294. The maximum Gasteiger partial charge on any atom is 0.419 e. The van der Waals surface area contributed by atoms with Gasteiger partial charge < -0.3 is 9.73 Å². The molecule has 0 bridgehead atoms. The van der Waals surface area contributed by atoms with Crippen LogP contribution in [0.25, 0.3) is 11.1 Å². The van der Waals surface area contributed by atoms with Gasteiger partial charge in [0.05, 0.1) is 11.6 Å². The van der Waals surface area contributed by atoms with Crippen LogP contribution in [-0.2, 0) is 11.3 Å². The molecule has 0 radical (unpaired) electrons. The average molecular weight is 330 g/mol. The summed E-state index contributed by atoms with van der Waals surface area (Å²) in [6.07, 6.45) is 0.966. The highest BCUT2D eigenvalue weighted by atomic mass is 32.1. The highest BCUT2D eigenvalue weighted by Crippen LogP contribution is 2.18. The van der Waals surface area contributed by atoms with Crippen molar-refractivity contribution in [2.75, 3.05) is 0 Å². The Balaban J connectivity index is 1.55. The van der Waals surface area contributed by atoms with Gasteiger partial charge in [-0.2, -0.15) is 0 Å². The number of aryl methyl sites for hydroxylation is 1. The summed E-state index contributed by atoms with van der Waals surface area (Å²) in [5, 5.41) is 4.97. The molecule has 1 amide bonds. The molecule has 3 aromatic rings. The van der Waals surface area contributed by atoms with E-state index in [2.05, 4.69) is 5.32 Å². The molecule has 0 aliphatic carbocycles. The van der Waals surface area contributed by atoms with E-state index >= 15 is 0 Å². The number of hydrogen-bond donors (Lipinski definition) is 1. The van der Waals surface area contributed by atoms with Crippen molar-refractivity contribution in [3.8, 4) is 0 Å². The molecule has 0 spiro atoms. The summed E-state index contributed by atoms with van der Waals surface area (Å²) in [7, 11) is 0. The Kier molecular flexibility index (Phi) is 4.62. The minimum atomic E-state index is -0.376. The Morgan fingerprint density at radius 3 is 2.91 bits per heavy atom. The van der Waals surface area contributed by atoms with Crippen LogP contribution < -0.4 is 11.1 Å². The van der Waals surface area contributed by atoms with Crippen molar-refractivity contribution in [1.29, 1.82) is 0 Å². The van der Waals surface area contributed by atoms with Gasteiger partial charge in [-0.1, -0.05) is 18.2 Å². The Morgan fingerprint density at radius 1 is 1.30 bits per heavy atom. The van der Waals surface area contributed by atoms with Crippen molar-refractivity contribution in [3.63, 3.8) is 0 Å². The van der Waals surface area contributed by atoms with Crippen molar-refractivity contribution in [3.05, 3.63) is 57.2 Å². The number of hydrogen-bond acceptors (Lipinski definition) is 4. The highest BCUT2D eigenvalue weighted by molar-refractivity contribution is 7.10. The number of rotatable bonds is 6. The van der Waals surface area contributed by atoms with Crippen molar-refractivity contribution in [1.82, 2.24) is 9.88 Å². The van der Waals surface area contributed by atoms with E-state index in [9.17, 15) is 9.59 Å². The van der Waals surface area contributed by atoms with Crippen LogP contribution in [0.1, 0.15) is 30.7 Å². The normalized spacial score (nSPS) is 12.4. The molecule has 0 aliphatic rings. The molecule has 0 unspecified atom stereocenters. The Hall–Kier alpha value is -2.34. The molecule has 5 nitrogen and oxygen atoms in total. The van der Waals surface area contributed by atoms with Crippen molar-refractivity contribution < 1.29 is 9.21 Å². The zero-order valence-electron chi connectivity index (χ0n) is 12.8. The number of nitrogens with one attached hydrogen (secondary N) is 1. The van der Waals surface area contributed by atoms with Gasteiger partial charge in [0, 0.05) is 17.8 Å². The summed E-state index contributed by atoms with van der Waals surface area (Å²) < 4.78 is 6.75. The first-order chi connectivity index (χ1) is 11.1. The zero-order chi connectivity index (χ0) is 16.2. The van der Waals surface area contributed by atoms with Crippen LogP contribution in [0.5, 0.6) is 0 Å².